The molecule has 5 nitrogen and oxygen atoms in total. The molecule has 1 saturated carbocycles. The summed E-state index contributed by atoms with van der Waals surface area (Å²) in [6.45, 7) is 3.73. The van der Waals surface area contributed by atoms with E-state index in [0.717, 1.165) is 38.3 Å². The van der Waals surface area contributed by atoms with Crippen LogP contribution in [0.5, 0.6) is 0 Å². The molecule has 2 fully saturated rings. The summed E-state index contributed by atoms with van der Waals surface area (Å²) < 4.78 is 0. The van der Waals surface area contributed by atoms with Gasteiger partial charge in [-0.1, -0.05) is 0 Å². The number of aromatic nitrogens is 2. The maximum atomic E-state index is 12.3. The first-order valence-electron chi connectivity index (χ1n) is 7.00. The highest BCUT2D eigenvalue weighted by Crippen LogP contribution is 2.32. The molecule has 2 heterocycles. The van der Waals surface area contributed by atoms with Gasteiger partial charge in [0.1, 0.15) is 0 Å². The van der Waals surface area contributed by atoms with Gasteiger partial charge in [0.05, 0.1) is 5.92 Å². The summed E-state index contributed by atoms with van der Waals surface area (Å²) in [5.41, 5.74) is 0.0494. The molecule has 2 aliphatic rings. The molecule has 1 aromatic rings. The van der Waals surface area contributed by atoms with E-state index < -0.39 is 0 Å². The van der Waals surface area contributed by atoms with Gasteiger partial charge in [-0.3, -0.25) is 4.79 Å². The second kappa shape index (κ2) is 4.79. The average Bonchev–Trinajstić information content (AvgIpc) is 2.87. The Morgan fingerprint density at radius 1 is 1.42 bits per heavy atom. The molecular weight excluding hydrogens is 240 g/mol. The molecule has 1 amide bonds. The van der Waals surface area contributed by atoms with Gasteiger partial charge in [-0.2, -0.15) is 0 Å². The predicted octanol–water partition coefficient (Wildman–Crippen LogP) is 1.36. The van der Waals surface area contributed by atoms with Gasteiger partial charge < -0.3 is 10.2 Å². The van der Waals surface area contributed by atoms with Crippen molar-refractivity contribution in [2.45, 2.75) is 38.1 Å². The molecule has 1 aliphatic carbocycles. The van der Waals surface area contributed by atoms with Crippen molar-refractivity contribution in [3.63, 3.8) is 0 Å². The molecule has 0 spiro atoms. The fourth-order valence-corrected chi connectivity index (χ4v) is 2.84. The Morgan fingerprint density at radius 2 is 2.16 bits per heavy atom. The van der Waals surface area contributed by atoms with E-state index >= 15 is 0 Å². The largest absolute Gasteiger partial charge is 0.351 e. The summed E-state index contributed by atoms with van der Waals surface area (Å²) in [6, 6.07) is 1.81. The number of amides is 1. The summed E-state index contributed by atoms with van der Waals surface area (Å²) in [4.78, 5) is 22.8. The van der Waals surface area contributed by atoms with Crippen molar-refractivity contribution in [3.8, 4) is 0 Å². The molecule has 0 bridgehead atoms. The van der Waals surface area contributed by atoms with E-state index in [1.54, 1.807) is 18.5 Å². The van der Waals surface area contributed by atoms with Crippen LogP contribution in [0.2, 0.25) is 0 Å². The van der Waals surface area contributed by atoms with Gasteiger partial charge >= 0.3 is 0 Å². The number of hydrogen-bond acceptors (Lipinski definition) is 4. The first kappa shape index (κ1) is 12.4. The third kappa shape index (κ3) is 2.55. The van der Waals surface area contributed by atoms with Crippen molar-refractivity contribution in [3.05, 3.63) is 18.5 Å². The molecule has 0 unspecified atom stereocenters. The Labute approximate surface area is 113 Å². The van der Waals surface area contributed by atoms with Crippen LogP contribution < -0.4 is 10.2 Å². The van der Waals surface area contributed by atoms with Gasteiger partial charge in [-0.05, 0) is 38.7 Å². The Morgan fingerprint density at radius 3 is 2.79 bits per heavy atom. The third-order valence-electron chi connectivity index (χ3n) is 4.28. The lowest BCUT2D eigenvalue weighted by Crippen LogP contribution is -2.53. The molecular formula is C14H20N4O. The number of nitrogens with one attached hydrogen (secondary N) is 1. The van der Waals surface area contributed by atoms with Gasteiger partial charge in [-0.15, -0.1) is 0 Å². The summed E-state index contributed by atoms with van der Waals surface area (Å²) in [7, 11) is 0. The number of rotatable bonds is 3. The SMILES string of the molecule is CC1(NC(=O)[C@H]2CCN(c3ncccn3)C2)CCC1. The second-order valence-corrected chi connectivity index (χ2v) is 5.88. The van der Waals surface area contributed by atoms with Gasteiger partial charge in [0.2, 0.25) is 11.9 Å². The minimum absolute atomic E-state index is 0.0494. The second-order valence-electron chi connectivity index (χ2n) is 5.88. The standard InChI is InChI=1S/C14H20N4O/c1-14(5-2-6-14)17-12(19)11-4-9-18(10-11)13-15-7-3-8-16-13/h3,7-8,11H,2,4-6,9-10H2,1H3,(H,17,19)/t11-/m0/s1. The number of anilines is 1. The zero-order chi connectivity index (χ0) is 13.3. The third-order valence-corrected chi connectivity index (χ3v) is 4.28. The van der Waals surface area contributed by atoms with Crippen LogP contribution in [0.3, 0.4) is 0 Å². The first-order chi connectivity index (χ1) is 9.16. The molecule has 3 rings (SSSR count). The van der Waals surface area contributed by atoms with Crippen molar-refractivity contribution < 1.29 is 4.79 Å². The minimum atomic E-state index is 0.0494. The van der Waals surface area contributed by atoms with E-state index in [2.05, 4.69) is 27.1 Å². The van der Waals surface area contributed by atoms with Crippen molar-refractivity contribution in [2.75, 3.05) is 18.0 Å². The van der Waals surface area contributed by atoms with E-state index in [1.165, 1.54) is 6.42 Å². The quantitative estimate of drug-likeness (QED) is 0.891. The molecule has 1 saturated heterocycles. The molecule has 1 aromatic heterocycles. The predicted molar refractivity (Wildman–Crippen MR) is 72.8 cm³/mol. The lowest BCUT2D eigenvalue weighted by molar-refractivity contribution is -0.127. The molecule has 19 heavy (non-hydrogen) atoms. The molecule has 1 N–H and O–H groups in total. The van der Waals surface area contributed by atoms with Crippen LogP contribution in [0.25, 0.3) is 0 Å². The van der Waals surface area contributed by atoms with Crippen LogP contribution >= 0.6 is 0 Å². The smallest absolute Gasteiger partial charge is 0.225 e. The molecule has 1 aliphatic heterocycles. The van der Waals surface area contributed by atoms with Crippen molar-refractivity contribution >= 4 is 11.9 Å². The minimum Gasteiger partial charge on any atom is -0.351 e. The Balaban J connectivity index is 1.58. The molecule has 5 heteroatoms. The van der Waals surface area contributed by atoms with Crippen molar-refractivity contribution in [1.82, 2.24) is 15.3 Å². The zero-order valence-corrected chi connectivity index (χ0v) is 11.3. The van der Waals surface area contributed by atoms with Crippen LogP contribution in [-0.2, 0) is 4.79 Å². The number of hydrogen-bond donors (Lipinski definition) is 1. The van der Waals surface area contributed by atoms with Crippen LogP contribution in [-0.4, -0.2) is 34.5 Å². The van der Waals surface area contributed by atoms with E-state index in [1.807, 2.05) is 0 Å². The number of nitrogens with zero attached hydrogens (tertiary/aromatic N) is 3. The number of carbonyl (C=O) groups excluding carboxylic acids is 1. The Bertz CT molecular complexity index is 458. The summed E-state index contributed by atoms with van der Waals surface area (Å²) >= 11 is 0. The first-order valence-corrected chi connectivity index (χ1v) is 7.00. The van der Waals surface area contributed by atoms with Gasteiger partial charge in [0.25, 0.3) is 0 Å². The lowest BCUT2D eigenvalue weighted by Gasteiger charge is -2.39. The summed E-state index contributed by atoms with van der Waals surface area (Å²) in [6.07, 6.45) is 7.82. The van der Waals surface area contributed by atoms with Crippen LogP contribution in [0.15, 0.2) is 18.5 Å². The maximum absolute atomic E-state index is 12.3. The Kier molecular flexibility index (Phi) is 3.12. The normalized spacial score (nSPS) is 24.9. The fraction of sp³-hybridized carbons (Fsp3) is 0.643. The monoisotopic (exact) mass is 260 g/mol. The van der Waals surface area contributed by atoms with Gasteiger partial charge in [0, 0.05) is 31.0 Å². The van der Waals surface area contributed by atoms with Crippen molar-refractivity contribution in [1.29, 1.82) is 0 Å². The van der Waals surface area contributed by atoms with Crippen LogP contribution in [0, 0.1) is 5.92 Å². The van der Waals surface area contributed by atoms with Crippen LogP contribution in [0.1, 0.15) is 32.6 Å². The van der Waals surface area contributed by atoms with E-state index in [9.17, 15) is 4.79 Å². The fourth-order valence-electron chi connectivity index (χ4n) is 2.84. The summed E-state index contributed by atoms with van der Waals surface area (Å²) in [5.74, 6) is 0.995. The Hall–Kier alpha value is -1.65. The van der Waals surface area contributed by atoms with E-state index in [0.29, 0.717) is 0 Å². The molecule has 102 valence electrons. The highest BCUT2D eigenvalue weighted by Gasteiger charge is 2.37. The van der Waals surface area contributed by atoms with Crippen LogP contribution in [0.4, 0.5) is 5.95 Å². The van der Waals surface area contributed by atoms with E-state index in [4.69, 9.17) is 0 Å². The van der Waals surface area contributed by atoms with Crippen molar-refractivity contribution in [2.24, 2.45) is 5.92 Å². The van der Waals surface area contributed by atoms with Gasteiger partial charge in [-0.25, -0.2) is 9.97 Å². The zero-order valence-electron chi connectivity index (χ0n) is 11.3. The van der Waals surface area contributed by atoms with E-state index in [-0.39, 0.29) is 17.4 Å². The molecule has 0 aromatic carbocycles. The highest BCUT2D eigenvalue weighted by molar-refractivity contribution is 5.80. The van der Waals surface area contributed by atoms with Gasteiger partial charge in [0.15, 0.2) is 0 Å². The maximum Gasteiger partial charge on any atom is 0.225 e. The highest BCUT2D eigenvalue weighted by atomic mass is 16.2. The summed E-state index contributed by atoms with van der Waals surface area (Å²) in [5, 5.41) is 3.20. The molecule has 1 atom stereocenters. The molecule has 0 radical (unpaired) electrons. The lowest BCUT2D eigenvalue weighted by atomic mass is 9.78. The topological polar surface area (TPSA) is 58.1 Å². The number of carbonyl (C=O) groups is 1. The average molecular weight is 260 g/mol.